The molecule has 0 rings (SSSR count). The molecule has 4 N–H and O–H groups in total. The van der Waals surface area contributed by atoms with E-state index in [2.05, 4.69) is 146 Å². The molecule has 0 radical (unpaired) electrons. The lowest BCUT2D eigenvalue weighted by molar-refractivity contribution is -0.870. The molecule has 9 nitrogen and oxygen atoms in total. The number of rotatable bonds is 52. The minimum atomic E-state index is -4.44. The topological polar surface area (TPSA) is 125 Å². The van der Waals surface area contributed by atoms with Gasteiger partial charge in [0.25, 0.3) is 0 Å². The second-order valence-corrected chi connectivity index (χ2v) is 22.2. The number of allylic oxidation sites excluding steroid dienone is 22. The summed E-state index contributed by atoms with van der Waals surface area (Å²) in [5, 5.41) is 24.7. The number of carbonyl (C=O) groups is 1. The number of likely N-dealkylation sites (N-methyl/N-ethyl adjacent to an activating group) is 1. The fourth-order valence-electron chi connectivity index (χ4n) is 7.90. The van der Waals surface area contributed by atoms with Crippen LogP contribution in [0.4, 0.5) is 0 Å². The molecule has 0 aliphatic rings. The maximum atomic E-state index is 13.0. The maximum Gasteiger partial charge on any atom is 0.472 e. The smallest absolute Gasteiger partial charge is 0.390 e. The van der Waals surface area contributed by atoms with Crippen LogP contribution < -0.4 is 5.32 Å². The maximum absolute atomic E-state index is 13.0. The van der Waals surface area contributed by atoms with Crippen LogP contribution in [-0.2, 0) is 18.4 Å². The minimum Gasteiger partial charge on any atom is -0.390 e. The lowest BCUT2D eigenvalue weighted by Gasteiger charge is -2.28. The number of aliphatic hydroxyl groups excluding tert-OH is 2. The molecule has 0 aliphatic heterocycles. The monoisotopic (exact) mass is 1060 g/mol. The third kappa shape index (κ3) is 55.2. The molecule has 0 spiro atoms. The Bertz CT molecular complexity index is 1700. The summed E-state index contributed by atoms with van der Waals surface area (Å²) in [6.07, 6.45) is 78.6. The molecule has 0 fully saturated rings. The first-order valence-electron chi connectivity index (χ1n) is 29.6. The number of unbranched alkanes of at least 4 members (excludes halogenated alkanes) is 17. The van der Waals surface area contributed by atoms with E-state index in [1.54, 1.807) is 0 Å². The van der Waals surface area contributed by atoms with Crippen molar-refractivity contribution in [2.45, 2.75) is 231 Å². The van der Waals surface area contributed by atoms with E-state index in [4.69, 9.17) is 9.05 Å². The molecule has 4 atom stereocenters. The summed E-state index contributed by atoms with van der Waals surface area (Å²) in [6.45, 7) is 4.23. The molecule has 0 saturated heterocycles. The molecule has 0 aromatic carbocycles. The van der Waals surface area contributed by atoms with Gasteiger partial charge in [-0.2, -0.15) is 0 Å². The number of hydrogen-bond acceptors (Lipinski definition) is 6. The summed E-state index contributed by atoms with van der Waals surface area (Å²) in [6, 6.07) is -1.07. The highest BCUT2D eigenvalue weighted by Crippen LogP contribution is 2.43. The van der Waals surface area contributed by atoms with Gasteiger partial charge in [-0.15, -0.1) is 0 Å². The Balaban J connectivity index is 4.11. The Morgan fingerprint density at radius 3 is 1.28 bits per heavy atom. The predicted molar refractivity (Wildman–Crippen MR) is 324 cm³/mol. The number of nitrogens with one attached hydrogen (secondary N) is 1. The summed E-state index contributed by atoms with van der Waals surface area (Å²) in [5.74, 6) is -0.281. The van der Waals surface area contributed by atoms with E-state index >= 15 is 0 Å². The Labute approximate surface area is 460 Å². The fraction of sp³-hybridized carbons (Fsp3) is 0.646. The van der Waals surface area contributed by atoms with Crippen molar-refractivity contribution in [1.29, 1.82) is 0 Å². The largest absolute Gasteiger partial charge is 0.472 e. The Morgan fingerprint density at radius 2 is 0.853 bits per heavy atom. The molecule has 0 heterocycles. The van der Waals surface area contributed by atoms with Crippen molar-refractivity contribution in [3.63, 3.8) is 0 Å². The molecule has 4 unspecified atom stereocenters. The second kappa shape index (κ2) is 54.0. The third-order valence-corrected chi connectivity index (χ3v) is 13.5. The van der Waals surface area contributed by atoms with Gasteiger partial charge < -0.3 is 24.9 Å². The van der Waals surface area contributed by atoms with E-state index in [9.17, 15) is 24.5 Å². The number of quaternary nitrogens is 1. The summed E-state index contributed by atoms with van der Waals surface area (Å²) >= 11 is 0. The first-order chi connectivity index (χ1) is 36.4. The molecule has 75 heavy (non-hydrogen) atoms. The van der Waals surface area contributed by atoms with E-state index in [-0.39, 0.29) is 18.9 Å². The number of hydrogen-bond donors (Lipinski definition) is 4. The van der Waals surface area contributed by atoms with Gasteiger partial charge in [-0.3, -0.25) is 13.8 Å². The Kier molecular flexibility index (Phi) is 51.5. The van der Waals surface area contributed by atoms with Crippen LogP contribution >= 0.6 is 7.82 Å². The van der Waals surface area contributed by atoms with Crippen molar-refractivity contribution >= 4 is 13.7 Å². The standard InChI is InChI=1S/C65H111N2O7P/c1-6-8-10-12-14-16-18-20-21-22-23-24-25-26-27-28-29-30-31-32-33-34-35-36-37-38-39-40-41-42-43-44-45-46-48-50-52-54-56-58-64(69)66-62(61-74-75(71,72)73-60-59-67(3,4)5)65(70)63(68)57-55-53-51-49-47-19-17-15-13-11-9-7-2/h7-10,14-17,20-21,23-24,26-27,29-30,32-33,35-36,49,51,62-63,65,68,70H,6,11-13,18-19,22,25,28,31,34,37-48,50,52-61H2,1-5H3,(H-,66,69,71,72)/p+1/b9-7+,10-8-,16-14-,17-15+,21-20-,24-23-,27-26-,30-29-,33-32-,36-35-,51-49+. The number of nitrogens with zero attached hydrogens (tertiary/aromatic N) is 1. The average Bonchev–Trinajstić information content (AvgIpc) is 3.37. The van der Waals surface area contributed by atoms with E-state index in [1.165, 1.54) is 70.6 Å². The zero-order chi connectivity index (χ0) is 55.0. The number of aliphatic hydroxyl groups is 2. The zero-order valence-electron chi connectivity index (χ0n) is 48.3. The van der Waals surface area contributed by atoms with Gasteiger partial charge in [-0.25, -0.2) is 4.57 Å². The molecule has 0 bridgehead atoms. The normalized spacial score (nSPS) is 15.3. The summed E-state index contributed by atoms with van der Waals surface area (Å²) < 4.78 is 23.6. The third-order valence-electron chi connectivity index (χ3n) is 12.5. The van der Waals surface area contributed by atoms with Gasteiger partial charge in [0.1, 0.15) is 19.3 Å². The number of phosphoric acid groups is 1. The van der Waals surface area contributed by atoms with E-state index in [0.29, 0.717) is 30.3 Å². The lowest BCUT2D eigenvalue weighted by Crippen LogP contribution is -2.51. The average molecular weight is 1060 g/mol. The first kappa shape index (κ1) is 71.6. The van der Waals surface area contributed by atoms with Crippen molar-refractivity contribution in [2.24, 2.45) is 0 Å². The molecule has 10 heteroatoms. The first-order valence-corrected chi connectivity index (χ1v) is 31.1. The molecule has 1 amide bonds. The molecule has 0 saturated carbocycles. The van der Waals surface area contributed by atoms with Crippen molar-refractivity contribution < 1.29 is 38.0 Å². The highest BCUT2D eigenvalue weighted by atomic mass is 31.2. The van der Waals surface area contributed by atoms with Crippen molar-refractivity contribution in [2.75, 3.05) is 40.9 Å². The van der Waals surface area contributed by atoms with Crippen LogP contribution in [0.3, 0.4) is 0 Å². The van der Waals surface area contributed by atoms with Crippen LogP contribution in [0.25, 0.3) is 0 Å². The Hall–Kier alpha value is -3.40. The quantitative estimate of drug-likeness (QED) is 0.0207. The van der Waals surface area contributed by atoms with Gasteiger partial charge in [0.15, 0.2) is 0 Å². The van der Waals surface area contributed by atoms with Crippen LogP contribution in [0, 0.1) is 0 Å². The van der Waals surface area contributed by atoms with E-state index in [0.717, 1.165) is 103 Å². The Morgan fingerprint density at radius 1 is 0.493 bits per heavy atom. The lowest BCUT2D eigenvalue weighted by atomic mass is 10.0. The zero-order valence-corrected chi connectivity index (χ0v) is 49.2. The van der Waals surface area contributed by atoms with Crippen LogP contribution in [0.2, 0.25) is 0 Å². The highest BCUT2D eigenvalue weighted by molar-refractivity contribution is 7.47. The molecular weight excluding hydrogens is 952 g/mol. The van der Waals surface area contributed by atoms with Gasteiger partial charge in [-0.1, -0.05) is 218 Å². The van der Waals surface area contributed by atoms with Crippen LogP contribution in [-0.4, -0.2) is 84.6 Å². The molecule has 428 valence electrons. The van der Waals surface area contributed by atoms with Gasteiger partial charge >= 0.3 is 7.82 Å². The van der Waals surface area contributed by atoms with Gasteiger partial charge in [0, 0.05) is 6.42 Å². The van der Waals surface area contributed by atoms with Crippen molar-refractivity contribution in [3.8, 4) is 0 Å². The second-order valence-electron chi connectivity index (χ2n) is 20.8. The molecule has 0 aliphatic carbocycles. The predicted octanol–water partition coefficient (Wildman–Crippen LogP) is 17.3. The molecule has 0 aromatic heterocycles. The van der Waals surface area contributed by atoms with E-state index in [1.807, 2.05) is 28.1 Å². The van der Waals surface area contributed by atoms with Gasteiger partial charge in [-0.05, 0) is 122 Å². The summed E-state index contributed by atoms with van der Waals surface area (Å²) in [4.78, 5) is 23.3. The van der Waals surface area contributed by atoms with Crippen LogP contribution in [0.1, 0.15) is 213 Å². The molecule has 0 aromatic rings. The summed E-state index contributed by atoms with van der Waals surface area (Å²) in [7, 11) is 1.39. The molecular formula is C65H112N2O7P+. The van der Waals surface area contributed by atoms with E-state index < -0.39 is 32.7 Å². The van der Waals surface area contributed by atoms with Crippen molar-refractivity contribution in [3.05, 3.63) is 134 Å². The highest BCUT2D eigenvalue weighted by Gasteiger charge is 2.31. The number of amides is 1. The van der Waals surface area contributed by atoms with Gasteiger partial charge in [0.2, 0.25) is 5.91 Å². The number of phosphoric ester groups is 1. The van der Waals surface area contributed by atoms with Crippen LogP contribution in [0.15, 0.2) is 134 Å². The fourth-order valence-corrected chi connectivity index (χ4v) is 8.64. The van der Waals surface area contributed by atoms with Crippen molar-refractivity contribution in [1.82, 2.24) is 5.32 Å². The summed E-state index contributed by atoms with van der Waals surface area (Å²) in [5.41, 5.74) is 0. The van der Waals surface area contributed by atoms with Crippen LogP contribution in [0.5, 0.6) is 0 Å². The minimum absolute atomic E-state index is 0.00659. The SMILES string of the molecule is C/C=C/CC/C=C/CC/C=C/CCCC(O)C(O)C(COP(=O)(O)OCC[N+](C)(C)C)NC(=O)CCCCCCCCCCCCCCCC/C=C\C/C=C\C/C=C\C/C=C\C/C=C\C/C=C\C/C=C\C/C=C\CC. The van der Waals surface area contributed by atoms with Gasteiger partial charge in [0.05, 0.1) is 39.9 Å². The number of carbonyl (C=O) groups excluding carboxylic acids is 1.